The van der Waals surface area contributed by atoms with Crippen LogP contribution in [0.5, 0.6) is 0 Å². The molecule has 70 valence electrons. The van der Waals surface area contributed by atoms with Gasteiger partial charge in [0.2, 0.25) is 0 Å². The third-order valence-corrected chi connectivity index (χ3v) is 2.72. The molecule has 1 aliphatic rings. The highest BCUT2D eigenvalue weighted by Crippen LogP contribution is 2.33. The predicted molar refractivity (Wildman–Crippen MR) is 56.2 cm³/mol. The van der Waals surface area contributed by atoms with Gasteiger partial charge in [0.1, 0.15) is 0 Å². The molecule has 2 N–H and O–H groups in total. The highest BCUT2D eigenvalue weighted by Gasteiger charge is 2.22. The largest absolute Gasteiger partial charge is 0.383 e. The molecule has 0 radical (unpaired) electrons. The van der Waals surface area contributed by atoms with Crippen molar-refractivity contribution in [3.05, 3.63) is 28.8 Å². The first-order valence-electron chi connectivity index (χ1n) is 4.74. The van der Waals surface area contributed by atoms with E-state index in [1.165, 1.54) is 22.4 Å². The zero-order valence-corrected chi connectivity index (χ0v) is 8.44. The monoisotopic (exact) mass is 176 g/mol. The van der Waals surface area contributed by atoms with Gasteiger partial charge in [-0.25, -0.2) is 0 Å². The van der Waals surface area contributed by atoms with Crippen LogP contribution >= 0.6 is 0 Å². The Morgan fingerprint density at radius 3 is 2.85 bits per heavy atom. The molecule has 0 aliphatic carbocycles. The van der Waals surface area contributed by atoms with E-state index in [4.69, 9.17) is 0 Å². The summed E-state index contributed by atoms with van der Waals surface area (Å²) in [7, 11) is 2.01. The number of rotatable bonds is 1. The molecule has 1 atom stereocenters. The number of likely N-dealkylation sites (N-methyl/N-ethyl adjacent to an activating group) is 1. The Kier molecular flexibility index (Phi) is 2.00. The van der Waals surface area contributed by atoms with E-state index in [2.05, 4.69) is 36.6 Å². The lowest BCUT2D eigenvalue weighted by Crippen LogP contribution is -2.18. The average Bonchev–Trinajstić information content (AvgIpc) is 2.47. The Bertz CT molecular complexity index is 331. The maximum Gasteiger partial charge on any atom is 0.0516 e. The Morgan fingerprint density at radius 1 is 1.38 bits per heavy atom. The first-order valence-corrected chi connectivity index (χ1v) is 4.74. The van der Waals surface area contributed by atoms with Gasteiger partial charge in [0.25, 0.3) is 0 Å². The van der Waals surface area contributed by atoms with Crippen LogP contribution in [0.3, 0.4) is 0 Å². The molecular formula is C11H16N2. The second-order valence-electron chi connectivity index (χ2n) is 3.77. The Labute approximate surface area is 79.4 Å². The van der Waals surface area contributed by atoms with Crippen molar-refractivity contribution in [3.63, 3.8) is 0 Å². The summed E-state index contributed by atoms with van der Waals surface area (Å²) in [4.78, 5) is 0. The van der Waals surface area contributed by atoms with E-state index >= 15 is 0 Å². The number of hydrogen-bond acceptors (Lipinski definition) is 2. The van der Waals surface area contributed by atoms with Crippen molar-refractivity contribution in [1.82, 2.24) is 5.32 Å². The molecule has 0 aromatic heterocycles. The van der Waals surface area contributed by atoms with Gasteiger partial charge in [0.15, 0.2) is 0 Å². The van der Waals surface area contributed by atoms with Crippen LogP contribution in [-0.4, -0.2) is 13.6 Å². The Morgan fingerprint density at radius 2 is 2.15 bits per heavy atom. The fraction of sp³-hybridized carbons (Fsp3) is 0.455. The molecule has 1 aliphatic heterocycles. The zero-order valence-electron chi connectivity index (χ0n) is 8.44. The van der Waals surface area contributed by atoms with Gasteiger partial charge < -0.3 is 10.6 Å². The van der Waals surface area contributed by atoms with Crippen molar-refractivity contribution < 1.29 is 0 Å². The summed E-state index contributed by atoms with van der Waals surface area (Å²) >= 11 is 0. The summed E-state index contributed by atoms with van der Waals surface area (Å²) in [5.41, 5.74) is 5.46. The van der Waals surface area contributed by atoms with Gasteiger partial charge in [-0.2, -0.15) is 0 Å². The molecule has 0 bridgehead atoms. The second kappa shape index (κ2) is 3.04. The molecule has 0 spiro atoms. The molecule has 2 heteroatoms. The molecule has 0 amide bonds. The molecule has 1 unspecified atom stereocenters. The molecule has 13 heavy (non-hydrogen) atoms. The number of nitrogens with one attached hydrogen (secondary N) is 2. The quantitative estimate of drug-likeness (QED) is 0.683. The molecule has 0 saturated carbocycles. The molecule has 2 nitrogen and oxygen atoms in total. The number of benzene rings is 1. The minimum Gasteiger partial charge on any atom is -0.383 e. The standard InChI is InChI=1S/C11H16N2/c1-7-4-8(2)11-9(5-7)13-6-10(11)12-3/h4-5,10,12-13H,6H2,1-3H3. The van der Waals surface area contributed by atoms with Gasteiger partial charge in [-0.15, -0.1) is 0 Å². The lowest BCUT2D eigenvalue weighted by molar-refractivity contribution is 0.645. The van der Waals surface area contributed by atoms with Crippen LogP contribution in [0.4, 0.5) is 5.69 Å². The SMILES string of the molecule is CNC1CNc2cc(C)cc(C)c21. The Hall–Kier alpha value is -1.02. The molecule has 1 aromatic carbocycles. The lowest BCUT2D eigenvalue weighted by atomic mass is 10.0. The normalized spacial score (nSPS) is 19.8. The van der Waals surface area contributed by atoms with Crippen molar-refractivity contribution >= 4 is 5.69 Å². The van der Waals surface area contributed by atoms with E-state index in [9.17, 15) is 0 Å². The third-order valence-electron chi connectivity index (χ3n) is 2.72. The highest BCUT2D eigenvalue weighted by molar-refractivity contribution is 5.62. The average molecular weight is 176 g/mol. The Balaban J connectivity index is 2.51. The van der Waals surface area contributed by atoms with Gasteiger partial charge in [-0.1, -0.05) is 6.07 Å². The van der Waals surface area contributed by atoms with E-state index in [0.29, 0.717) is 6.04 Å². The first-order chi connectivity index (χ1) is 6.22. The summed E-state index contributed by atoms with van der Waals surface area (Å²) in [6, 6.07) is 4.95. The van der Waals surface area contributed by atoms with Crippen LogP contribution in [0.1, 0.15) is 22.7 Å². The van der Waals surface area contributed by atoms with Crippen LogP contribution in [0.25, 0.3) is 0 Å². The van der Waals surface area contributed by atoms with Crippen molar-refractivity contribution in [2.24, 2.45) is 0 Å². The summed E-state index contributed by atoms with van der Waals surface area (Å²) in [6.45, 7) is 5.33. The summed E-state index contributed by atoms with van der Waals surface area (Å²) in [5, 5.41) is 6.74. The van der Waals surface area contributed by atoms with Crippen LogP contribution in [0.2, 0.25) is 0 Å². The molecule has 0 saturated heterocycles. The number of hydrogen-bond donors (Lipinski definition) is 2. The second-order valence-corrected chi connectivity index (χ2v) is 3.77. The topological polar surface area (TPSA) is 24.1 Å². The van der Waals surface area contributed by atoms with Crippen molar-refractivity contribution in [2.75, 3.05) is 18.9 Å². The minimum atomic E-state index is 0.482. The minimum absolute atomic E-state index is 0.482. The van der Waals surface area contributed by atoms with Crippen LogP contribution in [0.15, 0.2) is 12.1 Å². The molecule has 1 heterocycles. The molecule has 1 aromatic rings. The van der Waals surface area contributed by atoms with Gasteiger partial charge in [0, 0.05) is 12.2 Å². The number of anilines is 1. The smallest absolute Gasteiger partial charge is 0.0516 e. The molecular weight excluding hydrogens is 160 g/mol. The zero-order chi connectivity index (χ0) is 9.42. The van der Waals surface area contributed by atoms with E-state index in [1.54, 1.807) is 0 Å². The fourth-order valence-electron chi connectivity index (χ4n) is 2.15. The van der Waals surface area contributed by atoms with Crippen LogP contribution in [-0.2, 0) is 0 Å². The van der Waals surface area contributed by atoms with Crippen LogP contribution in [0, 0.1) is 13.8 Å². The first kappa shape index (κ1) is 8.57. The van der Waals surface area contributed by atoms with E-state index < -0.39 is 0 Å². The summed E-state index contributed by atoms with van der Waals surface area (Å²) in [6.07, 6.45) is 0. The van der Waals surface area contributed by atoms with Gasteiger partial charge in [0.05, 0.1) is 6.04 Å². The van der Waals surface area contributed by atoms with Gasteiger partial charge >= 0.3 is 0 Å². The van der Waals surface area contributed by atoms with E-state index in [-0.39, 0.29) is 0 Å². The lowest BCUT2D eigenvalue weighted by Gasteiger charge is -2.11. The number of aryl methyl sites for hydroxylation is 2. The fourth-order valence-corrected chi connectivity index (χ4v) is 2.15. The maximum atomic E-state index is 3.42. The van der Waals surface area contributed by atoms with Crippen molar-refractivity contribution in [1.29, 1.82) is 0 Å². The molecule has 0 fully saturated rings. The summed E-state index contributed by atoms with van der Waals surface area (Å²) in [5.74, 6) is 0. The van der Waals surface area contributed by atoms with E-state index in [0.717, 1.165) is 6.54 Å². The van der Waals surface area contributed by atoms with Gasteiger partial charge in [-0.05, 0) is 43.7 Å². The van der Waals surface area contributed by atoms with E-state index in [1.807, 2.05) is 7.05 Å². The highest BCUT2D eigenvalue weighted by atomic mass is 15.0. The van der Waals surface area contributed by atoms with Gasteiger partial charge in [-0.3, -0.25) is 0 Å². The predicted octanol–water partition coefficient (Wildman–Crippen LogP) is 1.99. The maximum absolute atomic E-state index is 3.42. The third kappa shape index (κ3) is 1.31. The van der Waals surface area contributed by atoms with Crippen molar-refractivity contribution in [3.8, 4) is 0 Å². The van der Waals surface area contributed by atoms with Crippen molar-refractivity contribution in [2.45, 2.75) is 19.9 Å². The molecule has 2 rings (SSSR count). The van der Waals surface area contributed by atoms with Crippen LogP contribution < -0.4 is 10.6 Å². The summed E-state index contributed by atoms with van der Waals surface area (Å²) < 4.78 is 0. The number of fused-ring (bicyclic) bond motifs is 1.